The third kappa shape index (κ3) is 3.09. The number of nitrogens with one attached hydrogen (secondary N) is 2. The van der Waals surface area contributed by atoms with Crippen LogP contribution in [0.25, 0.3) is 0 Å². The smallest absolute Gasteiger partial charge is 0.280 e. The number of nitriles is 1. The molecule has 2 rings (SSSR count). The zero-order valence-corrected chi connectivity index (χ0v) is 11.3. The number of amides is 1. The molecule has 1 saturated heterocycles. The van der Waals surface area contributed by atoms with Crippen LogP contribution in [-0.4, -0.2) is 25.0 Å². The zero-order valence-electron chi connectivity index (χ0n) is 10.5. The second kappa shape index (κ2) is 5.98. The molecule has 0 bridgehead atoms. The van der Waals surface area contributed by atoms with E-state index in [0.717, 1.165) is 6.54 Å². The Morgan fingerprint density at radius 3 is 3.22 bits per heavy atom. The molecule has 5 heteroatoms. The Morgan fingerprint density at radius 1 is 1.67 bits per heavy atom. The minimum absolute atomic E-state index is 0.0118. The number of anilines is 1. The van der Waals surface area contributed by atoms with Gasteiger partial charge >= 0.3 is 0 Å². The highest BCUT2D eigenvalue weighted by atomic mass is 32.1. The van der Waals surface area contributed by atoms with E-state index in [4.69, 9.17) is 5.26 Å². The number of quaternary nitrogens is 1. The van der Waals surface area contributed by atoms with Crippen molar-refractivity contribution >= 4 is 22.2 Å². The lowest BCUT2D eigenvalue weighted by Gasteiger charge is -2.29. The molecule has 1 aliphatic heterocycles. The van der Waals surface area contributed by atoms with E-state index in [2.05, 4.69) is 18.3 Å². The number of carbonyl (C=O) groups is 1. The molecule has 0 saturated carbocycles. The van der Waals surface area contributed by atoms with Crippen LogP contribution in [0.4, 0.5) is 5.00 Å². The molecule has 1 fully saturated rings. The molecule has 1 unspecified atom stereocenters. The van der Waals surface area contributed by atoms with Gasteiger partial charge in [-0.3, -0.25) is 4.79 Å². The molecule has 1 amide bonds. The number of likely N-dealkylation sites (tertiary alicyclic amines) is 1. The predicted molar refractivity (Wildman–Crippen MR) is 71.7 cm³/mol. The summed E-state index contributed by atoms with van der Waals surface area (Å²) in [5, 5.41) is 14.2. The van der Waals surface area contributed by atoms with Gasteiger partial charge < -0.3 is 10.2 Å². The van der Waals surface area contributed by atoms with E-state index < -0.39 is 0 Å². The lowest BCUT2D eigenvalue weighted by Crippen LogP contribution is -3.17. The zero-order chi connectivity index (χ0) is 13.0. The molecule has 1 aromatic rings. The molecule has 4 nitrogen and oxygen atoms in total. The first-order valence-corrected chi connectivity index (χ1v) is 7.20. The normalized spacial score (nSPS) is 23.3. The van der Waals surface area contributed by atoms with Crippen molar-refractivity contribution < 1.29 is 9.69 Å². The summed E-state index contributed by atoms with van der Waals surface area (Å²) in [5.41, 5.74) is 0.551. The Hall–Kier alpha value is -1.38. The first-order chi connectivity index (χ1) is 8.70. The van der Waals surface area contributed by atoms with Gasteiger partial charge in [-0.05, 0) is 37.6 Å². The van der Waals surface area contributed by atoms with Crippen LogP contribution in [0.5, 0.6) is 0 Å². The average Bonchev–Trinajstić information content (AvgIpc) is 2.79. The number of piperidine rings is 1. The molecular formula is C13H18N3OS+. The van der Waals surface area contributed by atoms with E-state index in [-0.39, 0.29) is 5.91 Å². The minimum Gasteiger partial charge on any atom is -0.325 e. The molecule has 18 heavy (non-hydrogen) atoms. The average molecular weight is 264 g/mol. The van der Waals surface area contributed by atoms with Gasteiger partial charge in [0.05, 0.1) is 18.2 Å². The summed E-state index contributed by atoms with van der Waals surface area (Å²) in [5.74, 6) is 0.0118. The van der Waals surface area contributed by atoms with Crippen LogP contribution in [0, 0.1) is 11.3 Å². The van der Waals surface area contributed by atoms with E-state index in [1.165, 1.54) is 35.5 Å². The SMILES string of the molecule is C[C@H]1CCCC[NH+]1CC(=O)Nc1sccc1C#N. The standard InChI is InChI=1S/C13H17N3OS/c1-10-4-2-3-6-16(10)9-12(17)15-13-11(8-14)5-7-18-13/h5,7,10H,2-4,6,9H2,1H3,(H,15,17)/p+1/t10-/m0/s1. The van der Waals surface area contributed by atoms with Crippen molar-refractivity contribution in [2.45, 2.75) is 32.2 Å². The Balaban J connectivity index is 1.91. The molecule has 0 aromatic carbocycles. The van der Waals surface area contributed by atoms with Gasteiger partial charge in [-0.1, -0.05) is 0 Å². The lowest BCUT2D eigenvalue weighted by molar-refractivity contribution is -0.920. The number of hydrogen-bond acceptors (Lipinski definition) is 3. The maximum atomic E-state index is 12.0. The van der Waals surface area contributed by atoms with Crippen molar-refractivity contribution in [3.63, 3.8) is 0 Å². The second-order valence-corrected chi connectivity index (χ2v) is 5.72. The summed E-state index contributed by atoms with van der Waals surface area (Å²) < 4.78 is 0. The Kier molecular flexibility index (Phi) is 4.34. The predicted octanol–water partition coefficient (Wildman–Crippen LogP) is 1.02. The number of carbonyl (C=O) groups excluding carboxylic acids is 1. The van der Waals surface area contributed by atoms with Crippen LogP contribution in [0.2, 0.25) is 0 Å². The first kappa shape index (κ1) is 13.1. The number of rotatable bonds is 3. The van der Waals surface area contributed by atoms with Crippen molar-refractivity contribution in [2.75, 3.05) is 18.4 Å². The molecule has 2 heterocycles. The van der Waals surface area contributed by atoms with Gasteiger partial charge in [-0.15, -0.1) is 11.3 Å². The number of hydrogen-bond donors (Lipinski definition) is 2. The fraction of sp³-hybridized carbons (Fsp3) is 0.538. The monoisotopic (exact) mass is 264 g/mol. The highest BCUT2D eigenvalue weighted by Crippen LogP contribution is 2.21. The maximum absolute atomic E-state index is 12.0. The quantitative estimate of drug-likeness (QED) is 0.856. The summed E-state index contributed by atoms with van der Waals surface area (Å²) in [4.78, 5) is 13.3. The van der Waals surface area contributed by atoms with Crippen LogP contribution in [0.1, 0.15) is 31.7 Å². The largest absolute Gasteiger partial charge is 0.325 e. The summed E-state index contributed by atoms with van der Waals surface area (Å²) >= 11 is 1.40. The van der Waals surface area contributed by atoms with Crippen molar-refractivity contribution in [1.29, 1.82) is 5.26 Å². The van der Waals surface area contributed by atoms with E-state index in [1.807, 2.05) is 5.38 Å². The second-order valence-electron chi connectivity index (χ2n) is 4.81. The van der Waals surface area contributed by atoms with Crippen LogP contribution >= 0.6 is 11.3 Å². The first-order valence-electron chi connectivity index (χ1n) is 6.32. The summed E-state index contributed by atoms with van der Waals surface area (Å²) in [6.07, 6.45) is 3.68. The van der Waals surface area contributed by atoms with Crippen molar-refractivity contribution in [3.8, 4) is 6.07 Å². The fourth-order valence-electron chi connectivity index (χ4n) is 2.39. The van der Waals surface area contributed by atoms with Gasteiger partial charge in [0, 0.05) is 0 Å². The summed E-state index contributed by atoms with van der Waals surface area (Å²) in [7, 11) is 0. The van der Waals surface area contributed by atoms with Crippen molar-refractivity contribution in [2.24, 2.45) is 0 Å². The van der Waals surface area contributed by atoms with Crippen LogP contribution < -0.4 is 10.2 Å². The van der Waals surface area contributed by atoms with Crippen LogP contribution in [0.3, 0.4) is 0 Å². The van der Waals surface area contributed by atoms with E-state index >= 15 is 0 Å². The molecular weight excluding hydrogens is 246 g/mol. The molecule has 1 aliphatic rings. The maximum Gasteiger partial charge on any atom is 0.280 e. The Labute approximate surface area is 111 Å². The Bertz CT molecular complexity index is 463. The molecule has 2 atom stereocenters. The number of thiophene rings is 1. The third-order valence-electron chi connectivity index (χ3n) is 3.51. The van der Waals surface area contributed by atoms with Gasteiger partial charge in [-0.25, -0.2) is 0 Å². The molecule has 1 aromatic heterocycles. The van der Waals surface area contributed by atoms with Crippen LogP contribution in [-0.2, 0) is 4.79 Å². The Morgan fingerprint density at radius 2 is 2.50 bits per heavy atom. The van der Waals surface area contributed by atoms with Gasteiger partial charge in [0.1, 0.15) is 11.1 Å². The summed E-state index contributed by atoms with van der Waals surface area (Å²) in [6.45, 7) is 3.78. The highest BCUT2D eigenvalue weighted by Gasteiger charge is 2.24. The van der Waals surface area contributed by atoms with Crippen molar-refractivity contribution in [3.05, 3.63) is 17.0 Å². The topological polar surface area (TPSA) is 57.3 Å². The van der Waals surface area contributed by atoms with E-state index in [0.29, 0.717) is 23.2 Å². The fourth-order valence-corrected chi connectivity index (χ4v) is 3.14. The van der Waals surface area contributed by atoms with E-state index in [9.17, 15) is 4.79 Å². The van der Waals surface area contributed by atoms with Gasteiger partial charge in [-0.2, -0.15) is 5.26 Å². The molecule has 96 valence electrons. The van der Waals surface area contributed by atoms with Gasteiger partial charge in [0.15, 0.2) is 6.54 Å². The minimum atomic E-state index is 0.0118. The number of nitrogens with zero attached hydrogens (tertiary/aromatic N) is 1. The summed E-state index contributed by atoms with van der Waals surface area (Å²) in [6, 6.07) is 4.37. The molecule has 0 aliphatic carbocycles. The molecule has 0 spiro atoms. The van der Waals surface area contributed by atoms with E-state index in [1.54, 1.807) is 6.07 Å². The molecule has 2 N–H and O–H groups in total. The van der Waals surface area contributed by atoms with Crippen LogP contribution in [0.15, 0.2) is 11.4 Å². The molecule has 0 radical (unpaired) electrons. The third-order valence-corrected chi connectivity index (χ3v) is 4.34. The highest BCUT2D eigenvalue weighted by molar-refractivity contribution is 7.14. The van der Waals surface area contributed by atoms with Gasteiger partial charge in [0.2, 0.25) is 0 Å². The lowest BCUT2D eigenvalue weighted by atomic mass is 10.0. The van der Waals surface area contributed by atoms with Crippen molar-refractivity contribution in [1.82, 2.24) is 0 Å². The van der Waals surface area contributed by atoms with Gasteiger partial charge in [0.25, 0.3) is 5.91 Å².